The Morgan fingerprint density at radius 3 is 2.44 bits per heavy atom. The van der Waals surface area contributed by atoms with E-state index in [0.29, 0.717) is 28.7 Å². The Morgan fingerprint density at radius 1 is 1.00 bits per heavy atom. The lowest BCUT2D eigenvalue weighted by Crippen LogP contribution is -2.15. The first kappa shape index (κ1) is 18.5. The third-order valence-electron chi connectivity index (χ3n) is 4.25. The Bertz CT molecular complexity index is 921. The maximum Gasteiger partial charge on any atom is 0.259 e. The van der Waals surface area contributed by atoms with Crippen LogP contribution >= 0.6 is 0 Å². The van der Waals surface area contributed by atoms with Gasteiger partial charge in [-0.05, 0) is 47.9 Å². The second-order valence-electron chi connectivity index (χ2n) is 6.46. The van der Waals surface area contributed by atoms with Crippen molar-refractivity contribution in [2.75, 3.05) is 17.7 Å². The molecule has 2 aromatic carbocycles. The zero-order valence-electron chi connectivity index (χ0n) is 15.7. The van der Waals surface area contributed by atoms with Crippen LogP contribution in [0, 0.1) is 0 Å². The van der Waals surface area contributed by atoms with E-state index in [1.807, 2.05) is 24.3 Å². The Labute approximate surface area is 159 Å². The van der Waals surface area contributed by atoms with Gasteiger partial charge in [-0.15, -0.1) is 0 Å². The normalized spacial score (nSPS) is 10.5. The number of ether oxygens (including phenoxy) is 1. The highest BCUT2D eigenvalue weighted by Gasteiger charge is 2.14. The lowest BCUT2D eigenvalue weighted by Gasteiger charge is -2.13. The molecule has 0 fully saturated rings. The number of aromatic nitrogens is 1. The minimum absolute atomic E-state index is 0.256. The summed E-state index contributed by atoms with van der Waals surface area (Å²) in [6, 6.07) is 18.9. The number of amides is 1. The van der Waals surface area contributed by atoms with Gasteiger partial charge in [-0.2, -0.15) is 0 Å². The molecule has 0 saturated heterocycles. The lowest BCUT2D eigenvalue weighted by molar-refractivity contribution is 0.102. The van der Waals surface area contributed by atoms with E-state index in [4.69, 9.17) is 4.74 Å². The Hall–Kier alpha value is -3.34. The predicted molar refractivity (Wildman–Crippen MR) is 109 cm³/mol. The highest BCUT2D eigenvalue weighted by atomic mass is 16.5. The molecule has 0 aliphatic rings. The number of rotatable bonds is 6. The van der Waals surface area contributed by atoms with E-state index in [1.54, 1.807) is 37.6 Å². The number of pyridine rings is 1. The van der Waals surface area contributed by atoms with Gasteiger partial charge in [0.25, 0.3) is 5.91 Å². The van der Waals surface area contributed by atoms with Crippen LogP contribution in [0.5, 0.6) is 5.75 Å². The van der Waals surface area contributed by atoms with Crippen LogP contribution in [0.15, 0.2) is 66.9 Å². The summed E-state index contributed by atoms with van der Waals surface area (Å²) in [7, 11) is 1.57. The fourth-order valence-corrected chi connectivity index (χ4v) is 2.71. The first-order valence-electron chi connectivity index (χ1n) is 8.85. The molecule has 0 aliphatic heterocycles. The fourth-order valence-electron chi connectivity index (χ4n) is 2.71. The van der Waals surface area contributed by atoms with Crippen LogP contribution in [0.25, 0.3) is 0 Å². The molecule has 0 spiro atoms. The maximum atomic E-state index is 12.8. The number of benzene rings is 2. The minimum atomic E-state index is -0.256. The first-order chi connectivity index (χ1) is 13.1. The lowest BCUT2D eigenvalue weighted by atomic mass is 10.0. The van der Waals surface area contributed by atoms with Crippen molar-refractivity contribution in [3.8, 4) is 5.75 Å². The molecule has 3 rings (SSSR count). The number of methoxy groups -OCH3 is 1. The van der Waals surface area contributed by atoms with Crippen molar-refractivity contribution in [3.63, 3.8) is 0 Å². The van der Waals surface area contributed by atoms with Crippen LogP contribution in [0.4, 0.5) is 17.2 Å². The Kier molecular flexibility index (Phi) is 5.71. The summed E-state index contributed by atoms with van der Waals surface area (Å²) < 4.78 is 5.29. The van der Waals surface area contributed by atoms with Crippen molar-refractivity contribution in [3.05, 3.63) is 78.0 Å². The first-order valence-corrected chi connectivity index (χ1v) is 8.85. The molecule has 1 heterocycles. The van der Waals surface area contributed by atoms with Crippen LogP contribution in [-0.4, -0.2) is 18.0 Å². The van der Waals surface area contributed by atoms with E-state index < -0.39 is 0 Å². The second kappa shape index (κ2) is 8.36. The molecule has 0 saturated carbocycles. The molecule has 27 heavy (non-hydrogen) atoms. The topological polar surface area (TPSA) is 63.2 Å². The summed E-state index contributed by atoms with van der Waals surface area (Å²) >= 11 is 0. The SMILES string of the molecule is COc1ccccc1NC(=O)c1cccnc1Nc1ccc(C(C)C)cc1. The van der Waals surface area contributed by atoms with Crippen molar-refractivity contribution in [2.24, 2.45) is 0 Å². The molecule has 0 bridgehead atoms. The number of nitrogens with zero attached hydrogens (tertiary/aromatic N) is 1. The molecule has 3 aromatic rings. The largest absolute Gasteiger partial charge is 0.495 e. The molecule has 1 amide bonds. The number of hydrogen-bond donors (Lipinski definition) is 2. The zero-order valence-corrected chi connectivity index (χ0v) is 15.7. The number of carbonyl (C=O) groups excluding carboxylic acids is 1. The zero-order chi connectivity index (χ0) is 19.2. The minimum Gasteiger partial charge on any atom is -0.495 e. The molecule has 138 valence electrons. The van der Waals surface area contributed by atoms with E-state index in [1.165, 1.54) is 5.56 Å². The third-order valence-corrected chi connectivity index (χ3v) is 4.25. The fraction of sp³-hybridized carbons (Fsp3) is 0.182. The molecule has 0 atom stereocenters. The molecule has 2 N–H and O–H groups in total. The van der Waals surface area contributed by atoms with E-state index in [-0.39, 0.29) is 5.91 Å². The summed E-state index contributed by atoms with van der Waals surface area (Å²) in [6.07, 6.45) is 1.66. The molecule has 1 aromatic heterocycles. The van der Waals surface area contributed by atoms with Crippen molar-refractivity contribution in [1.82, 2.24) is 4.98 Å². The molecular formula is C22H23N3O2. The van der Waals surface area contributed by atoms with Gasteiger partial charge in [0.15, 0.2) is 0 Å². The predicted octanol–water partition coefficient (Wildman–Crippen LogP) is 5.21. The number of nitrogens with one attached hydrogen (secondary N) is 2. The van der Waals surface area contributed by atoms with Crippen LogP contribution < -0.4 is 15.4 Å². The van der Waals surface area contributed by atoms with E-state index in [2.05, 4.69) is 41.6 Å². The average molecular weight is 361 g/mol. The molecular weight excluding hydrogens is 338 g/mol. The van der Waals surface area contributed by atoms with Gasteiger partial charge in [0.05, 0.1) is 18.4 Å². The number of para-hydroxylation sites is 2. The van der Waals surface area contributed by atoms with Gasteiger partial charge in [-0.1, -0.05) is 38.1 Å². The summed E-state index contributed by atoms with van der Waals surface area (Å²) in [4.78, 5) is 17.1. The molecule has 5 heteroatoms. The monoisotopic (exact) mass is 361 g/mol. The molecule has 0 aliphatic carbocycles. The van der Waals surface area contributed by atoms with Crippen molar-refractivity contribution in [2.45, 2.75) is 19.8 Å². The molecule has 5 nitrogen and oxygen atoms in total. The van der Waals surface area contributed by atoms with Gasteiger partial charge in [-0.3, -0.25) is 4.79 Å². The summed E-state index contributed by atoms with van der Waals surface area (Å²) in [6.45, 7) is 4.31. The van der Waals surface area contributed by atoms with Gasteiger partial charge >= 0.3 is 0 Å². The average Bonchev–Trinajstić information content (AvgIpc) is 2.69. The Morgan fingerprint density at radius 2 is 1.74 bits per heavy atom. The van der Waals surface area contributed by atoms with Gasteiger partial charge in [0.2, 0.25) is 0 Å². The van der Waals surface area contributed by atoms with Crippen molar-refractivity contribution in [1.29, 1.82) is 0 Å². The van der Waals surface area contributed by atoms with Gasteiger partial charge in [0.1, 0.15) is 11.6 Å². The number of anilines is 3. The number of carbonyl (C=O) groups is 1. The van der Waals surface area contributed by atoms with Crippen LogP contribution in [0.1, 0.15) is 35.7 Å². The molecule has 0 radical (unpaired) electrons. The van der Waals surface area contributed by atoms with Gasteiger partial charge in [-0.25, -0.2) is 4.98 Å². The summed E-state index contributed by atoms with van der Waals surface area (Å²) in [5, 5.41) is 6.11. The van der Waals surface area contributed by atoms with E-state index in [9.17, 15) is 4.79 Å². The number of hydrogen-bond acceptors (Lipinski definition) is 4. The molecule has 0 unspecified atom stereocenters. The van der Waals surface area contributed by atoms with Gasteiger partial charge < -0.3 is 15.4 Å². The highest BCUT2D eigenvalue weighted by molar-refractivity contribution is 6.08. The van der Waals surface area contributed by atoms with Crippen molar-refractivity contribution >= 4 is 23.1 Å². The standard InChI is InChI=1S/C22H23N3O2/c1-15(2)16-10-12-17(13-11-16)24-21-18(7-6-14-23-21)22(26)25-19-8-4-5-9-20(19)27-3/h4-15H,1-3H3,(H,23,24)(H,25,26). The smallest absolute Gasteiger partial charge is 0.259 e. The summed E-state index contributed by atoms with van der Waals surface area (Å²) in [5.41, 5.74) is 3.21. The van der Waals surface area contributed by atoms with E-state index in [0.717, 1.165) is 5.69 Å². The van der Waals surface area contributed by atoms with Gasteiger partial charge in [0, 0.05) is 11.9 Å². The summed E-state index contributed by atoms with van der Waals surface area (Å²) in [5.74, 6) is 1.32. The maximum absolute atomic E-state index is 12.8. The second-order valence-corrected chi connectivity index (χ2v) is 6.46. The van der Waals surface area contributed by atoms with Crippen LogP contribution in [-0.2, 0) is 0 Å². The van der Waals surface area contributed by atoms with Crippen LogP contribution in [0.3, 0.4) is 0 Å². The quantitative estimate of drug-likeness (QED) is 0.633. The third kappa shape index (κ3) is 4.44. The Balaban J connectivity index is 1.82. The highest BCUT2D eigenvalue weighted by Crippen LogP contribution is 2.26. The van der Waals surface area contributed by atoms with Crippen LogP contribution in [0.2, 0.25) is 0 Å². The van der Waals surface area contributed by atoms with E-state index >= 15 is 0 Å². The van der Waals surface area contributed by atoms with Crippen molar-refractivity contribution < 1.29 is 9.53 Å².